The van der Waals surface area contributed by atoms with E-state index in [0.29, 0.717) is 6.42 Å². The fourth-order valence-electron chi connectivity index (χ4n) is 3.00. The van der Waals surface area contributed by atoms with Crippen molar-refractivity contribution < 1.29 is 9.90 Å². The van der Waals surface area contributed by atoms with Crippen molar-refractivity contribution in [2.45, 2.75) is 50.6 Å². The van der Waals surface area contributed by atoms with Crippen molar-refractivity contribution in [1.82, 2.24) is 5.32 Å². The van der Waals surface area contributed by atoms with E-state index in [-0.39, 0.29) is 24.5 Å². The maximum atomic E-state index is 12.2. The Morgan fingerprint density at radius 1 is 1.29 bits per heavy atom. The number of benzene rings is 1. The summed E-state index contributed by atoms with van der Waals surface area (Å²) in [6.45, 7) is 0.143. The van der Waals surface area contributed by atoms with Crippen LogP contribution in [0.1, 0.15) is 37.7 Å². The van der Waals surface area contributed by atoms with Crippen LogP contribution in [-0.4, -0.2) is 29.7 Å². The molecule has 2 rings (SSSR count). The van der Waals surface area contributed by atoms with Gasteiger partial charge >= 0.3 is 0 Å². The molecule has 0 radical (unpaired) electrons. The molecule has 4 N–H and O–H groups in total. The molecule has 0 aliphatic heterocycles. The highest BCUT2D eigenvalue weighted by Crippen LogP contribution is 2.24. The molecule has 1 fully saturated rings. The number of hydrogen-bond donors (Lipinski definition) is 3. The Bertz CT molecular complexity index is 436. The number of aliphatic hydroxyl groups is 1. The molecule has 1 aliphatic rings. The van der Waals surface area contributed by atoms with Crippen LogP contribution >= 0.6 is 0 Å². The molecule has 2 unspecified atom stereocenters. The van der Waals surface area contributed by atoms with Gasteiger partial charge in [-0.1, -0.05) is 43.2 Å². The van der Waals surface area contributed by atoms with Gasteiger partial charge in [0.15, 0.2) is 0 Å². The molecule has 0 saturated heterocycles. The van der Waals surface area contributed by atoms with Crippen molar-refractivity contribution in [2.75, 3.05) is 6.61 Å². The SMILES string of the molecule is N[C@@H](CCc1ccccc1)C(=O)NC1CCCCC1CO. The van der Waals surface area contributed by atoms with Gasteiger partial charge in [0.25, 0.3) is 0 Å². The number of aliphatic hydroxyl groups excluding tert-OH is 1. The number of nitrogens with one attached hydrogen (secondary N) is 1. The van der Waals surface area contributed by atoms with Crippen molar-refractivity contribution in [3.63, 3.8) is 0 Å². The van der Waals surface area contributed by atoms with E-state index < -0.39 is 6.04 Å². The third kappa shape index (κ3) is 4.83. The Hall–Kier alpha value is -1.39. The molecule has 4 nitrogen and oxygen atoms in total. The Labute approximate surface area is 126 Å². The van der Waals surface area contributed by atoms with Gasteiger partial charge in [-0.3, -0.25) is 4.79 Å². The lowest BCUT2D eigenvalue weighted by molar-refractivity contribution is -0.123. The van der Waals surface area contributed by atoms with E-state index in [1.54, 1.807) is 0 Å². The molecular weight excluding hydrogens is 264 g/mol. The summed E-state index contributed by atoms with van der Waals surface area (Å²) < 4.78 is 0. The molecular formula is C17H26N2O2. The van der Waals surface area contributed by atoms with Crippen molar-refractivity contribution in [2.24, 2.45) is 11.7 Å². The van der Waals surface area contributed by atoms with Crippen LogP contribution in [0.2, 0.25) is 0 Å². The minimum Gasteiger partial charge on any atom is -0.396 e. The molecule has 1 aromatic rings. The fourth-order valence-corrected chi connectivity index (χ4v) is 3.00. The summed E-state index contributed by atoms with van der Waals surface area (Å²) in [5.41, 5.74) is 7.20. The lowest BCUT2D eigenvalue weighted by atomic mass is 9.85. The first-order valence-corrected chi connectivity index (χ1v) is 7.91. The zero-order chi connectivity index (χ0) is 15.1. The van der Waals surface area contributed by atoms with Crippen LogP contribution in [0, 0.1) is 5.92 Å². The van der Waals surface area contributed by atoms with Gasteiger partial charge in [0.2, 0.25) is 5.91 Å². The number of hydrogen-bond acceptors (Lipinski definition) is 3. The molecule has 0 heterocycles. The first-order chi connectivity index (χ1) is 10.2. The zero-order valence-electron chi connectivity index (χ0n) is 12.5. The predicted octanol–water partition coefficient (Wildman–Crippen LogP) is 1.61. The second-order valence-corrected chi connectivity index (χ2v) is 5.97. The summed E-state index contributed by atoms with van der Waals surface area (Å²) in [6.07, 6.45) is 5.64. The standard InChI is InChI=1S/C17H26N2O2/c18-15(11-10-13-6-2-1-3-7-13)17(21)19-16-9-5-4-8-14(16)12-20/h1-3,6-7,14-16,20H,4-5,8-12,18H2,(H,19,21)/t14?,15-,16?/m0/s1. The molecule has 21 heavy (non-hydrogen) atoms. The summed E-state index contributed by atoms with van der Waals surface area (Å²) >= 11 is 0. The van der Waals surface area contributed by atoms with Crippen molar-refractivity contribution in [3.8, 4) is 0 Å². The summed E-state index contributed by atoms with van der Waals surface area (Å²) in [5.74, 6) is 0.0975. The summed E-state index contributed by atoms with van der Waals surface area (Å²) in [7, 11) is 0. The number of nitrogens with two attached hydrogens (primary N) is 1. The van der Waals surface area contributed by atoms with Gasteiger partial charge in [0.05, 0.1) is 6.04 Å². The van der Waals surface area contributed by atoms with Crippen molar-refractivity contribution >= 4 is 5.91 Å². The second kappa shape index (κ2) is 8.15. The van der Waals surface area contributed by atoms with Gasteiger partial charge in [-0.25, -0.2) is 0 Å². The molecule has 3 atom stereocenters. The van der Waals surface area contributed by atoms with Gasteiger partial charge in [0, 0.05) is 18.6 Å². The third-order valence-electron chi connectivity index (χ3n) is 4.39. The normalized spacial score (nSPS) is 23.5. The predicted molar refractivity (Wildman–Crippen MR) is 83.7 cm³/mol. The molecule has 0 bridgehead atoms. The van der Waals surface area contributed by atoms with Crippen LogP contribution in [-0.2, 0) is 11.2 Å². The largest absolute Gasteiger partial charge is 0.396 e. The van der Waals surface area contributed by atoms with E-state index in [1.807, 2.05) is 30.3 Å². The van der Waals surface area contributed by atoms with Gasteiger partial charge in [-0.15, -0.1) is 0 Å². The number of carbonyl (C=O) groups excluding carboxylic acids is 1. The Morgan fingerprint density at radius 3 is 2.71 bits per heavy atom. The molecule has 0 aromatic heterocycles. The van der Waals surface area contributed by atoms with Crippen LogP contribution in [0.25, 0.3) is 0 Å². The maximum Gasteiger partial charge on any atom is 0.237 e. The van der Waals surface area contributed by atoms with Gasteiger partial charge < -0.3 is 16.2 Å². The monoisotopic (exact) mass is 290 g/mol. The summed E-state index contributed by atoms with van der Waals surface area (Å²) in [6, 6.07) is 9.67. The Kier molecular flexibility index (Phi) is 6.21. The highest BCUT2D eigenvalue weighted by Gasteiger charge is 2.27. The van der Waals surface area contributed by atoms with E-state index in [4.69, 9.17) is 5.73 Å². The Morgan fingerprint density at radius 2 is 2.00 bits per heavy atom. The summed E-state index contributed by atoms with van der Waals surface area (Å²) in [5, 5.41) is 12.4. The number of aryl methyl sites for hydroxylation is 1. The van der Waals surface area contributed by atoms with Crippen LogP contribution in [0.5, 0.6) is 0 Å². The van der Waals surface area contributed by atoms with Crippen LogP contribution < -0.4 is 11.1 Å². The topological polar surface area (TPSA) is 75.4 Å². The van der Waals surface area contributed by atoms with Crippen molar-refractivity contribution in [3.05, 3.63) is 35.9 Å². The van der Waals surface area contributed by atoms with E-state index >= 15 is 0 Å². The highest BCUT2D eigenvalue weighted by molar-refractivity contribution is 5.81. The zero-order valence-corrected chi connectivity index (χ0v) is 12.5. The van der Waals surface area contributed by atoms with Gasteiger partial charge in [0.1, 0.15) is 0 Å². The molecule has 1 aromatic carbocycles. The first kappa shape index (κ1) is 16.0. The number of amides is 1. The minimum absolute atomic E-state index is 0.0824. The van der Waals surface area contributed by atoms with E-state index in [0.717, 1.165) is 32.1 Å². The number of carbonyl (C=O) groups is 1. The van der Waals surface area contributed by atoms with Crippen LogP contribution in [0.4, 0.5) is 0 Å². The molecule has 1 amide bonds. The highest BCUT2D eigenvalue weighted by atomic mass is 16.3. The molecule has 116 valence electrons. The van der Waals surface area contributed by atoms with E-state index in [9.17, 15) is 9.90 Å². The lowest BCUT2D eigenvalue weighted by Crippen LogP contribution is -2.49. The molecule has 4 heteroatoms. The second-order valence-electron chi connectivity index (χ2n) is 5.97. The molecule has 1 saturated carbocycles. The maximum absolute atomic E-state index is 12.2. The van der Waals surface area contributed by atoms with Gasteiger partial charge in [-0.2, -0.15) is 0 Å². The first-order valence-electron chi connectivity index (χ1n) is 7.91. The third-order valence-corrected chi connectivity index (χ3v) is 4.39. The molecule has 1 aliphatic carbocycles. The minimum atomic E-state index is -0.480. The quantitative estimate of drug-likeness (QED) is 0.745. The number of rotatable bonds is 6. The lowest BCUT2D eigenvalue weighted by Gasteiger charge is -2.31. The average Bonchev–Trinajstić information content (AvgIpc) is 2.54. The Balaban J connectivity index is 1.79. The van der Waals surface area contributed by atoms with Gasteiger partial charge in [-0.05, 0) is 31.2 Å². The van der Waals surface area contributed by atoms with Crippen LogP contribution in [0.15, 0.2) is 30.3 Å². The fraction of sp³-hybridized carbons (Fsp3) is 0.588. The molecule has 0 spiro atoms. The van der Waals surface area contributed by atoms with Crippen LogP contribution in [0.3, 0.4) is 0 Å². The van der Waals surface area contributed by atoms with E-state index in [2.05, 4.69) is 5.32 Å². The smallest absolute Gasteiger partial charge is 0.237 e. The average molecular weight is 290 g/mol. The van der Waals surface area contributed by atoms with E-state index in [1.165, 1.54) is 5.56 Å². The van der Waals surface area contributed by atoms with Crippen molar-refractivity contribution in [1.29, 1.82) is 0 Å². The summed E-state index contributed by atoms with van der Waals surface area (Å²) in [4.78, 5) is 12.2.